The number of hydrogen-bond acceptors (Lipinski definition) is 4. The summed E-state index contributed by atoms with van der Waals surface area (Å²) in [5, 5.41) is 10.1. The van der Waals surface area contributed by atoms with Gasteiger partial charge in [-0.05, 0) is 55.2 Å². The number of carboxylic acids is 1. The third-order valence-corrected chi connectivity index (χ3v) is 6.44. The number of aromatic nitrogens is 1. The summed E-state index contributed by atoms with van der Waals surface area (Å²) in [5.74, 6) is -1.62. The molecule has 4 rings (SSSR count). The molecule has 1 aliphatic rings. The van der Waals surface area contributed by atoms with Gasteiger partial charge in [0.2, 0.25) is 0 Å². The second-order valence-electron chi connectivity index (χ2n) is 7.16. The predicted molar refractivity (Wildman–Crippen MR) is 104 cm³/mol. The van der Waals surface area contributed by atoms with E-state index in [1.165, 1.54) is 6.07 Å². The Morgan fingerprint density at radius 2 is 1.82 bits per heavy atom. The number of carbonyl (C=O) groups is 2. The second-order valence-corrected chi connectivity index (χ2v) is 9.18. The Kier molecular flexibility index (Phi) is 4.34. The Hall–Kier alpha value is -2.93. The Morgan fingerprint density at radius 1 is 1.11 bits per heavy atom. The van der Waals surface area contributed by atoms with Crippen molar-refractivity contribution in [3.8, 4) is 0 Å². The van der Waals surface area contributed by atoms with Crippen LogP contribution >= 0.6 is 0 Å². The largest absolute Gasteiger partial charge is 0.481 e. The lowest BCUT2D eigenvalue weighted by molar-refractivity contribution is -0.142. The molecule has 28 heavy (non-hydrogen) atoms. The molecule has 0 bridgehead atoms. The number of hydrogen-bond donors (Lipinski definition) is 1. The molecule has 0 spiro atoms. The Bertz CT molecular complexity index is 1210. The molecule has 1 atom stereocenters. The molecule has 0 aliphatic heterocycles. The zero-order chi connectivity index (χ0) is 20.1. The minimum atomic E-state index is -3.42. The van der Waals surface area contributed by atoms with Crippen LogP contribution in [0.1, 0.15) is 28.0 Å². The van der Waals surface area contributed by atoms with Crippen molar-refractivity contribution in [2.75, 3.05) is 6.26 Å². The molecule has 1 unspecified atom stereocenters. The van der Waals surface area contributed by atoms with Gasteiger partial charge in [-0.25, -0.2) is 8.42 Å². The SMILES string of the molecule is CS(=O)(=O)c1ccc2c(c1)c1c(n2C(=O)c2ccccc2)CCC(C(=O)O)C1. The summed E-state index contributed by atoms with van der Waals surface area (Å²) in [6.45, 7) is 0. The number of sulfone groups is 1. The van der Waals surface area contributed by atoms with Crippen LogP contribution in [0.4, 0.5) is 0 Å². The Labute approximate surface area is 162 Å². The van der Waals surface area contributed by atoms with Gasteiger partial charge in [-0.1, -0.05) is 18.2 Å². The molecule has 144 valence electrons. The first kappa shape index (κ1) is 18.4. The van der Waals surface area contributed by atoms with Gasteiger partial charge >= 0.3 is 5.97 Å². The van der Waals surface area contributed by atoms with E-state index in [-0.39, 0.29) is 17.2 Å². The first-order valence-electron chi connectivity index (χ1n) is 8.96. The molecule has 1 aromatic heterocycles. The lowest BCUT2D eigenvalue weighted by Gasteiger charge is -2.20. The maximum absolute atomic E-state index is 13.2. The summed E-state index contributed by atoms with van der Waals surface area (Å²) >= 11 is 0. The molecule has 0 fully saturated rings. The zero-order valence-corrected chi connectivity index (χ0v) is 16.1. The van der Waals surface area contributed by atoms with Crippen molar-refractivity contribution >= 4 is 32.6 Å². The van der Waals surface area contributed by atoms with Gasteiger partial charge in [-0.2, -0.15) is 0 Å². The second kappa shape index (κ2) is 6.60. The first-order chi connectivity index (χ1) is 13.3. The smallest absolute Gasteiger partial charge is 0.306 e. The third-order valence-electron chi connectivity index (χ3n) is 5.33. The minimum absolute atomic E-state index is 0.157. The number of aliphatic carboxylic acids is 1. The molecule has 6 nitrogen and oxygen atoms in total. The zero-order valence-electron chi connectivity index (χ0n) is 15.3. The molecule has 1 N–H and O–H groups in total. The van der Waals surface area contributed by atoms with E-state index >= 15 is 0 Å². The maximum Gasteiger partial charge on any atom is 0.306 e. The normalized spacial score (nSPS) is 16.7. The fourth-order valence-electron chi connectivity index (χ4n) is 3.92. The van der Waals surface area contributed by atoms with E-state index in [2.05, 4.69) is 0 Å². The summed E-state index contributed by atoms with van der Waals surface area (Å²) in [5.41, 5.74) is 2.66. The van der Waals surface area contributed by atoms with Gasteiger partial charge in [0, 0.05) is 22.9 Å². The molecular weight excluding hydrogens is 378 g/mol. The molecular formula is C21H19NO5S. The molecule has 7 heteroatoms. The molecule has 0 saturated heterocycles. The van der Waals surface area contributed by atoms with Crippen molar-refractivity contribution in [3.63, 3.8) is 0 Å². The number of benzene rings is 2. The fourth-order valence-corrected chi connectivity index (χ4v) is 4.57. The van der Waals surface area contributed by atoms with Crippen LogP contribution in [0.25, 0.3) is 10.9 Å². The van der Waals surface area contributed by atoms with Crippen molar-refractivity contribution in [1.82, 2.24) is 4.57 Å². The standard InChI is InChI=1S/C21H19NO5S/c1-28(26,27)15-8-10-19-17(12-15)16-11-14(21(24)25)7-9-18(16)22(19)20(23)13-5-3-2-4-6-13/h2-6,8,10,12,14H,7,9,11H2,1H3,(H,24,25). The third kappa shape index (κ3) is 3.01. The summed E-state index contributed by atoms with van der Waals surface area (Å²) in [7, 11) is -3.42. The van der Waals surface area contributed by atoms with E-state index in [1.54, 1.807) is 41.0 Å². The molecule has 2 aromatic carbocycles. The van der Waals surface area contributed by atoms with Gasteiger partial charge in [0.1, 0.15) is 0 Å². The van der Waals surface area contributed by atoms with Gasteiger partial charge in [0.15, 0.2) is 9.84 Å². The molecule has 3 aromatic rings. The van der Waals surface area contributed by atoms with E-state index < -0.39 is 21.7 Å². The summed E-state index contributed by atoms with van der Waals surface area (Å²) in [6.07, 6.45) is 2.31. The molecule has 0 radical (unpaired) electrons. The van der Waals surface area contributed by atoms with Gasteiger partial charge in [0.05, 0.1) is 16.3 Å². The van der Waals surface area contributed by atoms with E-state index in [9.17, 15) is 23.1 Å². The van der Waals surface area contributed by atoms with Crippen molar-refractivity contribution in [2.24, 2.45) is 5.92 Å². The predicted octanol–water partition coefficient (Wildman–Crippen LogP) is 2.92. The average Bonchev–Trinajstić information content (AvgIpc) is 3.00. The average molecular weight is 397 g/mol. The summed E-state index contributed by atoms with van der Waals surface area (Å²) in [6, 6.07) is 13.6. The van der Waals surface area contributed by atoms with E-state index in [0.717, 1.165) is 17.5 Å². The van der Waals surface area contributed by atoms with Gasteiger partial charge < -0.3 is 5.11 Å². The van der Waals surface area contributed by atoms with Crippen LogP contribution in [-0.2, 0) is 27.5 Å². The van der Waals surface area contributed by atoms with Crippen molar-refractivity contribution in [2.45, 2.75) is 24.2 Å². The number of carbonyl (C=O) groups excluding carboxylic acids is 1. The van der Waals surface area contributed by atoms with Crippen LogP contribution < -0.4 is 0 Å². The molecule has 0 saturated carbocycles. The van der Waals surface area contributed by atoms with Crippen LogP contribution in [0, 0.1) is 5.92 Å². The van der Waals surface area contributed by atoms with Crippen molar-refractivity contribution in [1.29, 1.82) is 0 Å². The van der Waals surface area contributed by atoms with E-state index in [1.807, 2.05) is 6.07 Å². The lowest BCUT2D eigenvalue weighted by atomic mass is 9.86. The number of fused-ring (bicyclic) bond motifs is 3. The van der Waals surface area contributed by atoms with Gasteiger partial charge in [0.25, 0.3) is 5.91 Å². The highest BCUT2D eigenvalue weighted by atomic mass is 32.2. The highest BCUT2D eigenvalue weighted by Gasteiger charge is 2.31. The van der Waals surface area contributed by atoms with Crippen molar-refractivity contribution in [3.05, 3.63) is 65.4 Å². The molecule has 1 heterocycles. The van der Waals surface area contributed by atoms with E-state index in [0.29, 0.717) is 29.3 Å². The van der Waals surface area contributed by atoms with Crippen LogP contribution in [0.15, 0.2) is 53.4 Å². The quantitative estimate of drug-likeness (QED) is 0.733. The minimum Gasteiger partial charge on any atom is -0.481 e. The first-order valence-corrected chi connectivity index (χ1v) is 10.9. The highest BCUT2D eigenvalue weighted by Crippen LogP contribution is 2.36. The monoisotopic (exact) mass is 397 g/mol. The van der Waals surface area contributed by atoms with Crippen LogP contribution in [-0.4, -0.2) is 36.2 Å². The van der Waals surface area contributed by atoms with Crippen LogP contribution in [0.3, 0.4) is 0 Å². The number of rotatable bonds is 3. The fraction of sp³-hybridized carbons (Fsp3) is 0.238. The number of nitrogens with zero attached hydrogens (tertiary/aromatic N) is 1. The Balaban J connectivity index is 1.98. The van der Waals surface area contributed by atoms with E-state index in [4.69, 9.17) is 0 Å². The van der Waals surface area contributed by atoms with Crippen LogP contribution in [0.5, 0.6) is 0 Å². The molecule has 1 aliphatic carbocycles. The maximum atomic E-state index is 13.2. The summed E-state index contributed by atoms with van der Waals surface area (Å²) in [4.78, 5) is 24.9. The Morgan fingerprint density at radius 3 is 2.46 bits per heavy atom. The number of carboxylic acid groups (broad SMARTS) is 1. The van der Waals surface area contributed by atoms with Gasteiger partial charge in [-0.3, -0.25) is 14.2 Å². The lowest BCUT2D eigenvalue weighted by Crippen LogP contribution is -2.24. The topological polar surface area (TPSA) is 93.4 Å². The van der Waals surface area contributed by atoms with Crippen LogP contribution in [0.2, 0.25) is 0 Å². The highest BCUT2D eigenvalue weighted by molar-refractivity contribution is 7.90. The molecule has 0 amide bonds. The van der Waals surface area contributed by atoms with Gasteiger partial charge in [-0.15, -0.1) is 0 Å². The summed E-state index contributed by atoms with van der Waals surface area (Å²) < 4.78 is 25.6. The van der Waals surface area contributed by atoms with Crippen molar-refractivity contribution < 1.29 is 23.1 Å².